The van der Waals surface area contributed by atoms with Crippen LogP contribution in [0.2, 0.25) is 0 Å². The molecule has 1 aliphatic rings. The number of benzene rings is 1. The Bertz CT molecular complexity index is 754. The van der Waals surface area contributed by atoms with Gasteiger partial charge in [0.1, 0.15) is 23.8 Å². The molecule has 1 aromatic heterocycles. The van der Waals surface area contributed by atoms with Crippen molar-refractivity contribution in [1.82, 2.24) is 14.9 Å². The number of likely N-dealkylation sites (N-methyl/N-ethyl adjacent to an activating group) is 1. The molecule has 0 spiro atoms. The Labute approximate surface area is 146 Å². The third-order valence-electron chi connectivity index (χ3n) is 4.03. The van der Waals surface area contributed by atoms with Crippen LogP contribution in [-0.4, -0.2) is 54.0 Å². The van der Waals surface area contributed by atoms with Gasteiger partial charge < -0.3 is 15.1 Å². The molecule has 0 saturated carbocycles. The zero-order valence-electron chi connectivity index (χ0n) is 14.0. The number of anilines is 2. The molecule has 3 rings (SSSR count). The average molecular weight is 341 g/mol. The van der Waals surface area contributed by atoms with E-state index in [1.165, 1.54) is 24.5 Å². The molecule has 1 fully saturated rings. The lowest BCUT2D eigenvalue weighted by atomic mass is 10.2. The first-order valence-corrected chi connectivity index (χ1v) is 8.10. The first-order valence-electron chi connectivity index (χ1n) is 8.10. The number of aromatic nitrogens is 2. The number of carbonyl (C=O) groups excluding carboxylic acids is 1. The smallest absolute Gasteiger partial charge is 0.249 e. The Morgan fingerprint density at radius 3 is 2.60 bits per heavy atom. The second kappa shape index (κ2) is 7.85. The molecule has 1 saturated heterocycles. The summed E-state index contributed by atoms with van der Waals surface area (Å²) in [7, 11) is 2.09. The van der Waals surface area contributed by atoms with E-state index in [-0.39, 0.29) is 11.7 Å². The number of hydrogen-bond donors (Lipinski definition) is 1. The maximum Gasteiger partial charge on any atom is 0.249 e. The summed E-state index contributed by atoms with van der Waals surface area (Å²) in [5.41, 5.74) is 0.748. The van der Waals surface area contributed by atoms with Crippen LogP contribution < -0.4 is 10.2 Å². The predicted octanol–water partition coefficient (Wildman–Crippen LogP) is 2.02. The fraction of sp³-hybridized carbons (Fsp3) is 0.278. The number of nitrogens with one attached hydrogen (secondary N) is 1. The highest BCUT2D eigenvalue weighted by molar-refractivity contribution is 6.01. The van der Waals surface area contributed by atoms with Gasteiger partial charge in [-0.15, -0.1) is 0 Å². The molecule has 0 atom stereocenters. The van der Waals surface area contributed by atoms with Crippen LogP contribution in [0.5, 0.6) is 0 Å². The van der Waals surface area contributed by atoms with Crippen molar-refractivity contribution in [2.45, 2.75) is 0 Å². The quantitative estimate of drug-likeness (QED) is 0.862. The van der Waals surface area contributed by atoms with Crippen molar-refractivity contribution < 1.29 is 9.18 Å². The topological polar surface area (TPSA) is 61.4 Å². The Kier molecular flexibility index (Phi) is 5.35. The highest BCUT2D eigenvalue weighted by atomic mass is 19.1. The van der Waals surface area contributed by atoms with E-state index >= 15 is 0 Å². The lowest BCUT2D eigenvalue weighted by Crippen LogP contribution is -2.44. The van der Waals surface area contributed by atoms with Gasteiger partial charge >= 0.3 is 0 Å². The van der Waals surface area contributed by atoms with Crippen molar-refractivity contribution in [2.24, 2.45) is 0 Å². The van der Waals surface area contributed by atoms with E-state index in [1.54, 1.807) is 24.3 Å². The number of hydrogen-bond acceptors (Lipinski definition) is 5. The van der Waals surface area contributed by atoms with Crippen LogP contribution in [0.3, 0.4) is 0 Å². The number of halogens is 1. The Hall–Kier alpha value is -2.80. The summed E-state index contributed by atoms with van der Waals surface area (Å²) in [5.74, 6) is 0.657. The summed E-state index contributed by atoms with van der Waals surface area (Å²) in [6, 6.07) is 7.69. The fourth-order valence-electron chi connectivity index (χ4n) is 2.54. The zero-order valence-corrected chi connectivity index (χ0v) is 14.0. The van der Waals surface area contributed by atoms with Crippen molar-refractivity contribution in [1.29, 1.82) is 0 Å². The minimum absolute atomic E-state index is 0.299. The lowest BCUT2D eigenvalue weighted by molar-refractivity contribution is -0.111. The number of nitrogens with zero attached hydrogens (tertiary/aromatic N) is 4. The number of carbonyl (C=O) groups is 1. The molecule has 0 aliphatic carbocycles. The van der Waals surface area contributed by atoms with E-state index in [0.717, 1.165) is 37.6 Å². The minimum atomic E-state index is -0.306. The largest absolute Gasteiger partial charge is 0.354 e. The maximum absolute atomic E-state index is 12.9. The Morgan fingerprint density at radius 2 is 1.88 bits per heavy atom. The molecule has 0 bridgehead atoms. The van der Waals surface area contributed by atoms with Gasteiger partial charge in [-0.1, -0.05) is 12.1 Å². The van der Waals surface area contributed by atoms with Crippen molar-refractivity contribution in [3.05, 3.63) is 54.1 Å². The van der Waals surface area contributed by atoms with Gasteiger partial charge in [-0.3, -0.25) is 4.79 Å². The van der Waals surface area contributed by atoms with Gasteiger partial charge in [0, 0.05) is 38.3 Å². The molecule has 2 heterocycles. The third-order valence-corrected chi connectivity index (χ3v) is 4.03. The highest BCUT2D eigenvalue weighted by Crippen LogP contribution is 2.16. The first-order chi connectivity index (χ1) is 12.1. The van der Waals surface area contributed by atoms with E-state index < -0.39 is 0 Å². The third kappa shape index (κ3) is 4.84. The first kappa shape index (κ1) is 17.0. The SMILES string of the molecule is CN1CCN(c2cc(NC(=O)/C=C/c3ccc(F)cc3)ncn2)CC1. The second-order valence-electron chi connectivity index (χ2n) is 5.93. The van der Waals surface area contributed by atoms with Crippen molar-refractivity contribution in [3.63, 3.8) is 0 Å². The van der Waals surface area contributed by atoms with Crippen LogP contribution in [0.25, 0.3) is 6.08 Å². The van der Waals surface area contributed by atoms with Crippen LogP contribution in [-0.2, 0) is 4.79 Å². The fourth-order valence-corrected chi connectivity index (χ4v) is 2.54. The molecule has 25 heavy (non-hydrogen) atoms. The van der Waals surface area contributed by atoms with Crippen molar-refractivity contribution in [2.75, 3.05) is 43.4 Å². The van der Waals surface area contributed by atoms with E-state index in [0.29, 0.717) is 5.82 Å². The van der Waals surface area contributed by atoms with Crippen molar-refractivity contribution in [3.8, 4) is 0 Å². The zero-order chi connectivity index (χ0) is 17.6. The summed E-state index contributed by atoms with van der Waals surface area (Å²) in [6.07, 6.45) is 4.47. The molecule has 6 nitrogen and oxygen atoms in total. The van der Waals surface area contributed by atoms with E-state index in [9.17, 15) is 9.18 Å². The molecule has 1 N–H and O–H groups in total. The van der Waals surface area contributed by atoms with Gasteiger partial charge in [0.05, 0.1) is 0 Å². The standard InChI is InChI=1S/C18H20FN5O/c1-23-8-10-24(11-9-23)17-12-16(20-13-21-17)22-18(25)7-4-14-2-5-15(19)6-3-14/h2-7,12-13H,8-11H2,1H3,(H,20,21,22,25)/b7-4+. The van der Waals surface area contributed by atoms with E-state index in [1.807, 2.05) is 0 Å². The highest BCUT2D eigenvalue weighted by Gasteiger charge is 2.15. The molecule has 2 aromatic rings. The Morgan fingerprint density at radius 1 is 1.16 bits per heavy atom. The molecule has 7 heteroatoms. The second-order valence-corrected chi connectivity index (χ2v) is 5.93. The van der Waals surface area contributed by atoms with E-state index in [2.05, 4.69) is 32.1 Å². The molecular formula is C18H20FN5O. The number of rotatable bonds is 4. The maximum atomic E-state index is 12.9. The minimum Gasteiger partial charge on any atom is -0.354 e. The van der Waals surface area contributed by atoms with Gasteiger partial charge in [0.2, 0.25) is 5.91 Å². The van der Waals surface area contributed by atoms with Gasteiger partial charge in [0.15, 0.2) is 0 Å². The predicted molar refractivity (Wildman–Crippen MR) is 95.8 cm³/mol. The summed E-state index contributed by atoms with van der Waals surface area (Å²) in [4.78, 5) is 24.8. The van der Waals surface area contributed by atoms with Crippen LogP contribution in [0.15, 0.2) is 42.7 Å². The molecule has 0 radical (unpaired) electrons. The lowest BCUT2D eigenvalue weighted by Gasteiger charge is -2.33. The monoisotopic (exact) mass is 341 g/mol. The number of amides is 1. The molecule has 130 valence electrons. The van der Waals surface area contributed by atoms with Gasteiger partial charge in [-0.25, -0.2) is 14.4 Å². The normalized spacial score (nSPS) is 15.5. The molecule has 0 unspecified atom stereocenters. The summed E-state index contributed by atoms with van der Waals surface area (Å²) in [5, 5.41) is 2.72. The van der Waals surface area contributed by atoms with E-state index in [4.69, 9.17) is 0 Å². The van der Waals surface area contributed by atoms with Gasteiger partial charge in [-0.2, -0.15) is 0 Å². The van der Waals surface area contributed by atoms with Crippen molar-refractivity contribution >= 4 is 23.6 Å². The molecule has 1 amide bonds. The molecule has 1 aliphatic heterocycles. The van der Waals surface area contributed by atoms with Crippen LogP contribution in [0, 0.1) is 5.82 Å². The van der Waals surface area contributed by atoms with Gasteiger partial charge in [-0.05, 0) is 30.8 Å². The summed E-state index contributed by atoms with van der Waals surface area (Å²) in [6.45, 7) is 3.74. The van der Waals surface area contributed by atoms with Gasteiger partial charge in [0.25, 0.3) is 0 Å². The average Bonchev–Trinajstić information content (AvgIpc) is 2.62. The molecular weight excluding hydrogens is 321 g/mol. The van der Waals surface area contributed by atoms with Crippen LogP contribution >= 0.6 is 0 Å². The summed E-state index contributed by atoms with van der Waals surface area (Å²) >= 11 is 0. The molecule has 1 aromatic carbocycles. The number of piperazine rings is 1. The van der Waals surface area contributed by atoms with Crippen LogP contribution in [0.4, 0.5) is 16.0 Å². The Balaban J connectivity index is 1.61. The van der Waals surface area contributed by atoms with Crippen LogP contribution in [0.1, 0.15) is 5.56 Å². The summed E-state index contributed by atoms with van der Waals surface area (Å²) < 4.78 is 12.9.